The van der Waals surface area contributed by atoms with Crippen LogP contribution < -0.4 is 10.9 Å². The van der Waals surface area contributed by atoms with E-state index in [0.717, 1.165) is 42.7 Å². The lowest BCUT2D eigenvalue weighted by molar-refractivity contribution is -0.137. The van der Waals surface area contributed by atoms with Gasteiger partial charge >= 0.3 is 6.18 Å². The molecule has 1 heterocycles. The summed E-state index contributed by atoms with van der Waals surface area (Å²) in [6, 6.07) is 0.680. The highest BCUT2D eigenvalue weighted by Crippen LogP contribution is 2.29. The van der Waals surface area contributed by atoms with Crippen LogP contribution in [0.2, 0.25) is 0 Å². The summed E-state index contributed by atoms with van der Waals surface area (Å²) in [7, 11) is 0. The van der Waals surface area contributed by atoms with Crippen LogP contribution in [0.25, 0.3) is 0 Å². The van der Waals surface area contributed by atoms with Crippen LogP contribution >= 0.6 is 0 Å². The fourth-order valence-corrected chi connectivity index (χ4v) is 3.06. The maximum atomic E-state index is 12.7. The van der Waals surface area contributed by atoms with Gasteiger partial charge in [0.15, 0.2) is 0 Å². The number of rotatable bonds is 3. The zero-order chi connectivity index (χ0) is 17.2. The third-order valence-corrected chi connectivity index (χ3v) is 4.31. The lowest BCUT2D eigenvalue weighted by atomic mass is 9.95. The molecule has 2 rings (SSSR count). The Kier molecular flexibility index (Phi) is 5.16. The monoisotopic (exact) mass is 330 g/mol. The summed E-state index contributed by atoms with van der Waals surface area (Å²) in [5, 5.41) is 2.90. The standard InChI is InChI=1S/C16H21F3N2O2/c1-10-8-12(16(17,18)19)9-14(22)21(10)11(2)15(23)20-13-6-4-3-5-7-13/h8-9,11,13H,3-7H2,1-2H3,(H,20,23)/t11-/m0/s1. The smallest absolute Gasteiger partial charge is 0.352 e. The Morgan fingerprint density at radius 1 is 1.26 bits per heavy atom. The zero-order valence-electron chi connectivity index (χ0n) is 13.2. The van der Waals surface area contributed by atoms with E-state index in [-0.39, 0.29) is 17.6 Å². The number of alkyl halides is 3. The van der Waals surface area contributed by atoms with E-state index in [1.165, 1.54) is 13.8 Å². The van der Waals surface area contributed by atoms with E-state index in [4.69, 9.17) is 0 Å². The van der Waals surface area contributed by atoms with Gasteiger partial charge in [-0.2, -0.15) is 13.2 Å². The first-order chi connectivity index (χ1) is 10.7. The average molecular weight is 330 g/mol. The highest BCUT2D eigenvalue weighted by molar-refractivity contribution is 5.80. The summed E-state index contributed by atoms with van der Waals surface area (Å²) >= 11 is 0. The van der Waals surface area contributed by atoms with Crippen LogP contribution in [0.15, 0.2) is 16.9 Å². The van der Waals surface area contributed by atoms with E-state index >= 15 is 0 Å². The fraction of sp³-hybridized carbons (Fsp3) is 0.625. The van der Waals surface area contributed by atoms with Crippen molar-refractivity contribution in [3.8, 4) is 0 Å². The molecule has 0 unspecified atom stereocenters. The van der Waals surface area contributed by atoms with E-state index in [1.807, 2.05) is 0 Å². The number of hydrogen-bond donors (Lipinski definition) is 1. The van der Waals surface area contributed by atoms with Gasteiger partial charge in [-0.1, -0.05) is 19.3 Å². The molecule has 1 amide bonds. The van der Waals surface area contributed by atoms with E-state index in [0.29, 0.717) is 6.07 Å². The van der Waals surface area contributed by atoms with Gasteiger partial charge in [0, 0.05) is 17.8 Å². The van der Waals surface area contributed by atoms with Crippen molar-refractivity contribution in [2.45, 2.75) is 64.2 Å². The van der Waals surface area contributed by atoms with Gasteiger partial charge in [0.05, 0.1) is 5.56 Å². The van der Waals surface area contributed by atoms with Crippen molar-refractivity contribution in [1.29, 1.82) is 0 Å². The molecule has 1 saturated carbocycles. The maximum absolute atomic E-state index is 12.7. The van der Waals surface area contributed by atoms with Crippen LogP contribution in [0.5, 0.6) is 0 Å². The van der Waals surface area contributed by atoms with Gasteiger partial charge in [-0.05, 0) is 32.8 Å². The Labute approximate surface area is 132 Å². The predicted molar refractivity (Wildman–Crippen MR) is 80.2 cm³/mol. The molecule has 23 heavy (non-hydrogen) atoms. The molecule has 0 saturated heterocycles. The van der Waals surface area contributed by atoms with Crippen molar-refractivity contribution in [1.82, 2.24) is 9.88 Å². The molecule has 1 aliphatic carbocycles. The van der Waals surface area contributed by atoms with Gasteiger partial charge in [0.1, 0.15) is 6.04 Å². The van der Waals surface area contributed by atoms with Gasteiger partial charge in [-0.25, -0.2) is 0 Å². The number of halogens is 3. The molecule has 1 N–H and O–H groups in total. The third-order valence-electron chi connectivity index (χ3n) is 4.31. The predicted octanol–water partition coefficient (Wildman–Crippen LogP) is 3.19. The lowest BCUT2D eigenvalue weighted by Gasteiger charge is -2.26. The number of carbonyl (C=O) groups is 1. The molecule has 1 atom stereocenters. The summed E-state index contributed by atoms with van der Waals surface area (Å²) < 4.78 is 39.3. The number of hydrogen-bond acceptors (Lipinski definition) is 2. The minimum atomic E-state index is -4.57. The van der Waals surface area contributed by atoms with Crippen LogP contribution in [0.1, 0.15) is 56.3 Å². The molecule has 1 aromatic heterocycles. The molecule has 1 aromatic rings. The van der Waals surface area contributed by atoms with Crippen LogP contribution in [-0.2, 0) is 11.0 Å². The number of aromatic nitrogens is 1. The van der Waals surface area contributed by atoms with E-state index in [9.17, 15) is 22.8 Å². The normalized spacial score (nSPS) is 17.8. The number of amides is 1. The first kappa shape index (κ1) is 17.6. The van der Waals surface area contributed by atoms with Crippen LogP contribution in [0, 0.1) is 6.92 Å². The Morgan fingerprint density at radius 2 is 1.87 bits per heavy atom. The topological polar surface area (TPSA) is 51.1 Å². The second-order valence-electron chi connectivity index (χ2n) is 6.11. The number of pyridine rings is 1. The van der Waals surface area contributed by atoms with Crippen molar-refractivity contribution < 1.29 is 18.0 Å². The molecule has 7 heteroatoms. The largest absolute Gasteiger partial charge is 0.416 e. The van der Waals surface area contributed by atoms with E-state index < -0.39 is 23.3 Å². The Balaban J connectivity index is 2.20. The zero-order valence-corrected chi connectivity index (χ0v) is 13.2. The van der Waals surface area contributed by atoms with E-state index in [2.05, 4.69) is 5.32 Å². The first-order valence-electron chi connectivity index (χ1n) is 7.81. The Morgan fingerprint density at radius 3 is 2.39 bits per heavy atom. The minimum Gasteiger partial charge on any atom is -0.352 e. The number of carbonyl (C=O) groups excluding carboxylic acids is 1. The summed E-state index contributed by atoms with van der Waals surface area (Å²) in [5.41, 5.74) is -1.68. The van der Waals surface area contributed by atoms with Gasteiger partial charge < -0.3 is 9.88 Å². The van der Waals surface area contributed by atoms with Crippen LogP contribution in [0.3, 0.4) is 0 Å². The Bertz CT molecular complexity index is 631. The Hall–Kier alpha value is -1.79. The molecule has 0 aromatic carbocycles. The van der Waals surface area contributed by atoms with Crippen molar-refractivity contribution in [2.24, 2.45) is 0 Å². The van der Waals surface area contributed by atoms with Gasteiger partial charge in [0.25, 0.3) is 5.56 Å². The summed E-state index contributed by atoms with van der Waals surface area (Å²) in [6.45, 7) is 2.93. The quantitative estimate of drug-likeness (QED) is 0.925. The van der Waals surface area contributed by atoms with Crippen molar-refractivity contribution in [3.05, 3.63) is 33.7 Å². The van der Waals surface area contributed by atoms with Gasteiger partial charge in [0.2, 0.25) is 5.91 Å². The molecule has 0 radical (unpaired) electrons. The van der Waals surface area contributed by atoms with Crippen LogP contribution in [0.4, 0.5) is 13.2 Å². The molecule has 1 aliphatic rings. The number of nitrogens with one attached hydrogen (secondary N) is 1. The lowest BCUT2D eigenvalue weighted by Crippen LogP contribution is -2.42. The summed E-state index contributed by atoms with van der Waals surface area (Å²) in [6.07, 6.45) is 0.492. The van der Waals surface area contributed by atoms with Crippen molar-refractivity contribution in [2.75, 3.05) is 0 Å². The fourth-order valence-electron chi connectivity index (χ4n) is 3.06. The third kappa shape index (κ3) is 4.14. The highest BCUT2D eigenvalue weighted by Gasteiger charge is 2.32. The summed E-state index contributed by atoms with van der Waals surface area (Å²) in [5.74, 6) is -0.332. The molecule has 1 fully saturated rings. The molecule has 0 bridgehead atoms. The molecule has 4 nitrogen and oxygen atoms in total. The van der Waals surface area contributed by atoms with E-state index in [1.54, 1.807) is 0 Å². The second kappa shape index (κ2) is 6.76. The molecular weight excluding hydrogens is 309 g/mol. The van der Waals surface area contributed by atoms with Crippen LogP contribution in [-0.4, -0.2) is 16.5 Å². The minimum absolute atomic E-state index is 0.0872. The van der Waals surface area contributed by atoms with Crippen molar-refractivity contribution >= 4 is 5.91 Å². The van der Waals surface area contributed by atoms with Crippen molar-refractivity contribution in [3.63, 3.8) is 0 Å². The second-order valence-corrected chi connectivity index (χ2v) is 6.11. The molecule has 0 aliphatic heterocycles. The van der Waals surface area contributed by atoms with Gasteiger partial charge in [-0.15, -0.1) is 0 Å². The SMILES string of the molecule is Cc1cc(C(F)(F)F)cc(=O)n1[C@@H](C)C(=O)NC1CCCCC1. The number of aryl methyl sites for hydroxylation is 1. The molecular formula is C16H21F3N2O2. The number of nitrogens with zero attached hydrogens (tertiary/aromatic N) is 1. The molecule has 128 valence electrons. The average Bonchev–Trinajstić information content (AvgIpc) is 2.46. The van der Waals surface area contributed by atoms with Gasteiger partial charge in [-0.3, -0.25) is 9.59 Å². The highest BCUT2D eigenvalue weighted by atomic mass is 19.4. The summed E-state index contributed by atoms with van der Waals surface area (Å²) in [4.78, 5) is 24.3. The molecule has 0 spiro atoms. The first-order valence-corrected chi connectivity index (χ1v) is 7.81. The maximum Gasteiger partial charge on any atom is 0.416 e.